The first-order valence-electron chi connectivity index (χ1n) is 10.6. The van der Waals surface area contributed by atoms with E-state index in [0.29, 0.717) is 13.2 Å². The van der Waals surface area contributed by atoms with Crippen LogP contribution in [0.1, 0.15) is 17.2 Å². The number of halogens is 6. The van der Waals surface area contributed by atoms with Crippen LogP contribution in [0.5, 0.6) is 0 Å². The van der Waals surface area contributed by atoms with Gasteiger partial charge in [0.2, 0.25) is 0 Å². The summed E-state index contributed by atoms with van der Waals surface area (Å²) >= 11 is 0. The molecule has 17 heteroatoms. The molecule has 0 aromatic carbocycles. The lowest BCUT2D eigenvalue weighted by atomic mass is 10.3. The Bertz CT molecular complexity index is 938. The molecule has 0 unspecified atom stereocenters. The molecule has 0 saturated carbocycles. The maximum atomic E-state index is 10.6. The molecule has 0 amide bonds. The van der Waals surface area contributed by atoms with Gasteiger partial charge in [-0.05, 0) is 20.2 Å². The largest absolute Gasteiger partial charge is 0.490 e. The molecule has 210 valence electrons. The lowest BCUT2D eigenvalue weighted by molar-refractivity contribution is -0.193. The third kappa shape index (κ3) is 12.6. The van der Waals surface area contributed by atoms with Crippen molar-refractivity contribution >= 4 is 11.9 Å². The van der Waals surface area contributed by atoms with E-state index in [4.69, 9.17) is 29.0 Å². The van der Waals surface area contributed by atoms with Crippen LogP contribution in [0.3, 0.4) is 0 Å². The maximum Gasteiger partial charge on any atom is 0.490 e. The minimum absolute atomic E-state index is 0.530. The van der Waals surface area contributed by atoms with Gasteiger partial charge in [0.05, 0.1) is 19.1 Å². The van der Waals surface area contributed by atoms with Crippen molar-refractivity contribution in [2.45, 2.75) is 38.5 Å². The van der Waals surface area contributed by atoms with Gasteiger partial charge in [-0.25, -0.2) is 9.59 Å². The molecular formula is C20H27F6N5O6. The summed E-state index contributed by atoms with van der Waals surface area (Å²) in [5.74, 6) is -3.52. The zero-order valence-electron chi connectivity index (χ0n) is 19.9. The highest BCUT2D eigenvalue weighted by Crippen LogP contribution is 2.14. The molecular weight excluding hydrogens is 520 g/mol. The molecule has 0 spiro atoms. The number of carboxylic acids is 2. The van der Waals surface area contributed by atoms with Crippen LogP contribution in [0.2, 0.25) is 0 Å². The molecule has 3 heterocycles. The van der Waals surface area contributed by atoms with Crippen LogP contribution in [0.25, 0.3) is 0 Å². The van der Waals surface area contributed by atoms with E-state index in [1.807, 2.05) is 26.4 Å². The zero-order valence-corrected chi connectivity index (χ0v) is 19.9. The summed E-state index contributed by atoms with van der Waals surface area (Å²) < 4.78 is 76.6. The number of hydrogen-bond donors (Lipinski definition) is 2. The van der Waals surface area contributed by atoms with Crippen molar-refractivity contribution in [1.82, 2.24) is 24.6 Å². The quantitative estimate of drug-likeness (QED) is 0.393. The summed E-state index contributed by atoms with van der Waals surface area (Å²) in [4.78, 5) is 22.3. The Morgan fingerprint density at radius 1 is 1.05 bits per heavy atom. The smallest absolute Gasteiger partial charge is 0.475 e. The van der Waals surface area contributed by atoms with Crippen LogP contribution in [-0.2, 0) is 40.4 Å². The highest BCUT2D eigenvalue weighted by Gasteiger charge is 2.38. The molecule has 0 bridgehead atoms. The number of furan rings is 1. The number of aromatic nitrogens is 3. The highest BCUT2D eigenvalue weighted by molar-refractivity contribution is 5.73. The minimum Gasteiger partial charge on any atom is -0.475 e. The third-order valence-electron chi connectivity index (χ3n) is 4.58. The average molecular weight is 547 g/mol. The van der Waals surface area contributed by atoms with E-state index in [2.05, 4.69) is 24.6 Å². The molecule has 0 saturated heterocycles. The first-order valence-corrected chi connectivity index (χ1v) is 10.6. The van der Waals surface area contributed by atoms with Gasteiger partial charge in [0.15, 0.2) is 5.82 Å². The van der Waals surface area contributed by atoms with Crippen LogP contribution >= 0.6 is 0 Å². The second-order valence-corrected chi connectivity index (χ2v) is 7.80. The summed E-state index contributed by atoms with van der Waals surface area (Å²) in [5.41, 5.74) is 1.22. The van der Waals surface area contributed by atoms with E-state index in [1.54, 1.807) is 6.26 Å². The predicted molar refractivity (Wildman–Crippen MR) is 113 cm³/mol. The molecule has 1 aliphatic heterocycles. The third-order valence-corrected chi connectivity index (χ3v) is 4.58. The topological polar surface area (TPSA) is 134 Å². The van der Waals surface area contributed by atoms with Gasteiger partial charge in [-0.1, -0.05) is 0 Å². The number of carbonyl (C=O) groups is 2. The van der Waals surface area contributed by atoms with Gasteiger partial charge >= 0.3 is 24.3 Å². The summed E-state index contributed by atoms with van der Waals surface area (Å²) in [6.45, 7) is 5.96. The first-order chi connectivity index (χ1) is 17.1. The molecule has 11 nitrogen and oxygen atoms in total. The Morgan fingerprint density at radius 2 is 1.65 bits per heavy atom. The zero-order chi connectivity index (χ0) is 28.2. The molecule has 0 aliphatic carbocycles. The Hall–Kier alpha value is -3.18. The molecule has 37 heavy (non-hydrogen) atoms. The van der Waals surface area contributed by atoms with Gasteiger partial charge in [0.25, 0.3) is 0 Å². The number of fused-ring (bicyclic) bond motifs is 1. The van der Waals surface area contributed by atoms with Crippen molar-refractivity contribution in [1.29, 1.82) is 0 Å². The van der Waals surface area contributed by atoms with Crippen molar-refractivity contribution in [3.63, 3.8) is 0 Å². The Morgan fingerprint density at radius 3 is 2.14 bits per heavy atom. The van der Waals surface area contributed by atoms with Gasteiger partial charge in [0.1, 0.15) is 12.4 Å². The number of nitrogens with zero attached hydrogens (tertiary/aromatic N) is 5. The van der Waals surface area contributed by atoms with Gasteiger partial charge in [-0.15, -0.1) is 10.2 Å². The maximum absolute atomic E-state index is 10.6. The summed E-state index contributed by atoms with van der Waals surface area (Å²) in [6.07, 6.45) is -5.71. The molecule has 0 radical (unpaired) electrons. The lowest BCUT2D eigenvalue weighted by Crippen LogP contribution is -2.26. The van der Waals surface area contributed by atoms with Gasteiger partial charge < -0.3 is 28.8 Å². The number of rotatable bonds is 7. The fourth-order valence-corrected chi connectivity index (χ4v) is 2.74. The second-order valence-electron chi connectivity index (χ2n) is 7.80. The van der Waals surface area contributed by atoms with Crippen LogP contribution < -0.4 is 0 Å². The number of likely N-dealkylation sites (N-methyl/N-ethyl adjacent to an activating group) is 1. The van der Waals surface area contributed by atoms with E-state index in [9.17, 15) is 26.3 Å². The Kier molecular flexibility index (Phi) is 12.5. The lowest BCUT2D eigenvalue weighted by Gasteiger charge is -2.18. The van der Waals surface area contributed by atoms with Crippen molar-refractivity contribution in [2.75, 3.05) is 40.3 Å². The molecule has 0 fully saturated rings. The summed E-state index contributed by atoms with van der Waals surface area (Å²) in [5, 5.41) is 22.9. The van der Waals surface area contributed by atoms with Crippen LogP contribution in [0.4, 0.5) is 26.3 Å². The molecule has 1 aliphatic rings. The minimum atomic E-state index is -5.08. The standard InChI is InChI=1S/C16H25N5O2.2C2HF3O2/c1-19(2)8-10-23-13-16-18-17-15-3-5-20(6-7-21(15)16)11-14-4-9-22-12-14;2*3-2(4,5)1(6)7/h4,9,12H,3,5-8,10-11,13H2,1-2H3;2*(H,6,7). The summed E-state index contributed by atoms with van der Waals surface area (Å²) in [6, 6.07) is 2.02. The number of aliphatic carboxylic acids is 2. The number of hydrogen-bond acceptors (Lipinski definition) is 8. The van der Waals surface area contributed by atoms with E-state index < -0.39 is 24.3 Å². The normalized spacial score (nSPS) is 14.1. The Balaban J connectivity index is 0.000000404. The van der Waals surface area contributed by atoms with Crippen molar-refractivity contribution in [3.8, 4) is 0 Å². The van der Waals surface area contributed by atoms with E-state index in [-0.39, 0.29) is 0 Å². The SMILES string of the molecule is CN(C)CCOCc1nnc2n1CCN(Cc1ccoc1)CC2.O=C(O)C(F)(F)F.O=C(O)C(F)(F)F. The first kappa shape index (κ1) is 31.8. The molecule has 2 aromatic heterocycles. The number of carboxylic acid groups (broad SMARTS) is 2. The van der Waals surface area contributed by atoms with Crippen molar-refractivity contribution < 1.29 is 55.3 Å². The monoisotopic (exact) mass is 547 g/mol. The molecule has 3 rings (SSSR count). The molecule has 0 atom stereocenters. The van der Waals surface area contributed by atoms with Crippen LogP contribution in [0, 0.1) is 0 Å². The summed E-state index contributed by atoms with van der Waals surface area (Å²) in [7, 11) is 4.09. The van der Waals surface area contributed by atoms with Crippen molar-refractivity contribution in [3.05, 3.63) is 35.8 Å². The van der Waals surface area contributed by atoms with Crippen molar-refractivity contribution in [2.24, 2.45) is 0 Å². The fourth-order valence-electron chi connectivity index (χ4n) is 2.74. The fraction of sp³-hybridized carbons (Fsp3) is 0.600. The Labute approximate surface area is 207 Å². The van der Waals surface area contributed by atoms with Gasteiger partial charge in [-0.3, -0.25) is 4.90 Å². The molecule has 2 aromatic rings. The second kappa shape index (κ2) is 14.5. The van der Waals surface area contributed by atoms with Crippen LogP contribution in [-0.4, -0.2) is 99.4 Å². The van der Waals surface area contributed by atoms with E-state index in [0.717, 1.165) is 50.8 Å². The van der Waals surface area contributed by atoms with Crippen LogP contribution in [0.15, 0.2) is 23.0 Å². The van der Waals surface area contributed by atoms with E-state index >= 15 is 0 Å². The van der Waals surface area contributed by atoms with E-state index in [1.165, 1.54) is 5.56 Å². The molecule has 2 N–H and O–H groups in total. The predicted octanol–water partition coefficient (Wildman–Crippen LogP) is 2.27. The number of ether oxygens (including phenoxy) is 1. The van der Waals surface area contributed by atoms with Gasteiger partial charge in [0, 0.05) is 44.7 Å². The highest BCUT2D eigenvalue weighted by atomic mass is 19.4. The number of alkyl halides is 6. The average Bonchev–Trinajstić information content (AvgIpc) is 3.37. The van der Waals surface area contributed by atoms with Gasteiger partial charge in [-0.2, -0.15) is 26.3 Å².